The van der Waals surface area contributed by atoms with E-state index in [0.29, 0.717) is 29.0 Å². The third-order valence-electron chi connectivity index (χ3n) is 8.84. The Labute approximate surface area is 241 Å². The summed E-state index contributed by atoms with van der Waals surface area (Å²) in [4.78, 5) is 18.4. The number of anilines is 3. The highest BCUT2D eigenvalue weighted by atomic mass is 32.2. The van der Waals surface area contributed by atoms with Gasteiger partial charge in [-0.2, -0.15) is 0 Å². The van der Waals surface area contributed by atoms with Gasteiger partial charge < -0.3 is 29.5 Å². The Morgan fingerprint density at radius 3 is 2.54 bits per heavy atom. The second-order valence-electron chi connectivity index (χ2n) is 11.7. The molecule has 220 valence electrons. The molecule has 1 aliphatic carbocycles. The van der Waals surface area contributed by atoms with Crippen LogP contribution in [-0.2, 0) is 21.8 Å². The molecule has 6 rings (SSSR count). The monoisotopic (exact) mass is 581 g/mol. The molecular weight excluding hydrogens is 542 g/mol. The average Bonchev–Trinajstić information content (AvgIpc) is 3.62. The fourth-order valence-corrected chi connectivity index (χ4v) is 7.30. The van der Waals surface area contributed by atoms with Crippen molar-refractivity contribution in [3.05, 3.63) is 48.2 Å². The standard InChI is InChI=1S/C30H39N5O5S/c1-21-20-35(14-16-40-21)27-18-23(17-22-5-11-33(2)28(22)27)32-29(37)25-4-3-24(41(38,39)31-10-15-36)19-26(25)34-12-8-30(6-7-30)9-13-34/h3-5,11,17-19,21,31,36H,6-10,12-16,20H2,1-2H3,(H,32,37)/t21-/m0/s1. The molecule has 3 N–H and O–H groups in total. The maximum atomic E-state index is 13.9. The van der Waals surface area contributed by atoms with E-state index in [4.69, 9.17) is 9.84 Å². The van der Waals surface area contributed by atoms with Gasteiger partial charge in [0.25, 0.3) is 5.91 Å². The van der Waals surface area contributed by atoms with Gasteiger partial charge in [0.05, 0.1) is 46.7 Å². The van der Waals surface area contributed by atoms with Crippen LogP contribution in [0.25, 0.3) is 10.9 Å². The summed E-state index contributed by atoms with van der Waals surface area (Å²) in [6.07, 6.45) is 6.72. The molecule has 3 aromatic rings. The predicted octanol–water partition coefficient (Wildman–Crippen LogP) is 3.31. The summed E-state index contributed by atoms with van der Waals surface area (Å²) in [5.41, 5.74) is 4.32. The Kier molecular flexibility index (Phi) is 7.48. The van der Waals surface area contributed by atoms with Crippen LogP contribution in [0, 0.1) is 5.41 Å². The fourth-order valence-electron chi connectivity index (χ4n) is 6.26. The van der Waals surface area contributed by atoms with E-state index in [-0.39, 0.29) is 30.1 Å². The van der Waals surface area contributed by atoms with Crippen LogP contribution in [0.15, 0.2) is 47.5 Å². The third-order valence-corrected chi connectivity index (χ3v) is 10.3. The molecule has 3 aliphatic rings. The molecule has 3 heterocycles. The van der Waals surface area contributed by atoms with E-state index < -0.39 is 10.0 Å². The number of carbonyl (C=O) groups is 1. The topological polar surface area (TPSA) is 116 Å². The van der Waals surface area contributed by atoms with Crippen LogP contribution >= 0.6 is 0 Å². The minimum atomic E-state index is -3.83. The summed E-state index contributed by atoms with van der Waals surface area (Å²) in [7, 11) is -1.80. The number of hydrogen-bond donors (Lipinski definition) is 3. The average molecular weight is 582 g/mol. The predicted molar refractivity (Wildman–Crippen MR) is 160 cm³/mol. The van der Waals surface area contributed by atoms with Gasteiger partial charge in [-0.25, -0.2) is 13.1 Å². The molecule has 2 aliphatic heterocycles. The van der Waals surface area contributed by atoms with Gasteiger partial charge in [0, 0.05) is 57.0 Å². The third kappa shape index (κ3) is 5.68. The second kappa shape index (κ2) is 10.9. The van der Waals surface area contributed by atoms with E-state index in [0.717, 1.165) is 55.6 Å². The number of sulfonamides is 1. The molecule has 1 aromatic heterocycles. The van der Waals surface area contributed by atoms with Crippen LogP contribution in [0.4, 0.5) is 17.1 Å². The van der Waals surface area contributed by atoms with Crippen molar-refractivity contribution in [2.75, 3.05) is 61.1 Å². The Balaban J connectivity index is 1.33. The van der Waals surface area contributed by atoms with Crippen LogP contribution in [0.2, 0.25) is 0 Å². The number of ether oxygens (including phenoxy) is 1. The number of rotatable bonds is 8. The number of nitrogens with zero attached hydrogens (tertiary/aromatic N) is 3. The molecule has 0 radical (unpaired) electrons. The molecule has 11 heteroatoms. The second-order valence-corrected chi connectivity index (χ2v) is 13.5. The Bertz CT molecular complexity index is 1550. The zero-order valence-corrected chi connectivity index (χ0v) is 24.5. The molecule has 10 nitrogen and oxygen atoms in total. The number of morpholine rings is 1. The molecule has 2 saturated heterocycles. The summed E-state index contributed by atoms with van der Waals surface area (Å²) in [5.74, 6) is -0.282. The maximum absolute atomic E-state index is 13.9. The van der Waals surface area contributed by atoms with Gasteiger partial charge >= 0.3 is 0 Å². The largest absolute Gasteiger partial charge is 0.395 e. The van der Waals surface area contributed by atoms with Crippen molar-refractivity contribution in [3.63, 3.8) is 0 Å². The van der Waals surface area contributed by atoms with Gasteiger partial charge in [0.15, 0.2) is 0 Å². The number of nitrogens with one attached hydrogen (secondary N) is 2. The van der Waals surface area contributed by atoms with Crippen molar-refractivity contribution < 1.29 is 23.1 Å². The zero-order valence-electron chi connectivity index (χ0n) is 23.7. The smallest absolute Gasteiger partial charge is 0.257 e. The number of carbonyl (C=O) groups excluding carboxylic acids is 1. The molecule has 1 atom stereocenters. The molecule has 0 unspecified atom stereocenters. The van der Waals surface area contributed by atoms with E-state index in [1.54, 1.807) is 12.1 Å². The van der Waals surface area contributed by atoms with E-state index in [2.05, 4.69) is 31.3 Å². The molecular formula is C30H39N5O5S. The highest BCUT2D eigenvalue weighted by Crippen LogP contribution is 2.54. The Hall–Kier alpha value is -3.12. The first-order valence-corrected chi connectivity index (χ1v) is 15.9. The Morgan fingerprint density at radius 2 is 1.83 bits per heavy atom. The maximum Gasteiger partial charge on any atom is 0.257 e. The molecule has 1 amide bonds. The lowest BCUT2D eigenvalue weighted by Gasteiger charge is -2.35. The highest BCUT2D eigenvalue weighted by molar-refractivity contribution is 7.89. The van der Waals surface area contributed by atoms with Crippen LogP contribution in [0.5, 0.6) is 0 Å². The normalized spacial score (nSPS) is 20.5. The molecule has 0 bridgehead atoms. The van der Waals surface area contributed by atoms with Crippen LogP contribution in [0.1, 0.15) is 43.0 Å². The van der Waals surface area contributed by atoms with Crippen LogP contribution < -0.4 is 19.8 Å². The number of benzene rings is 2. The zero-order chi connectivity index (χ0) is 28.8. The van der Waals surface area contributed by atoms with E-state index >= 15 is 0 Å². The lowest BCUT2D eigenvalue weighted by Crippen LogP contribution is -2.41. The Morgan fingerprint density at radius 1 is 1.05 bits per heavy atom. The summed E-state index contributed by atoms with van der Waals surface area (Å²) in [5, 5.41) is 13.3. The van der Waals surface area contributed by atoms with Crippen molar-refractivity contribution in [1.29, 1.82) is 0 Å². The highest BCUT2D eigenvalue weighted by Gasteiger charge is 2.44. The van der Waals surface area contributed by atoms with Crippen LogP contribution in [-0.4, -0.2) is 76.0 Å². The number of aliphatic hydroxyl groups excluding tert-OH is 1. The lowest BCUT2D eigenvalue weighted by atomic mass is 9.93. The van der Waals surface area contributed by atoms with Gasteiger partial charge in [-0.15, -0.1) is 0 Å². The quantitative estimate of drug-likeness (QED) is 0.374. The van der Waals surface area contributed by atoms with Crippen molar-refractivity contribution in [1.82, 2.24) is 9.29 Å². The van der Waals surface area contributed by atoms with Gasteiger partial charge in [-0.3, -0.25) is 4.79 Å². The number of aliphatic hydroxyl groups is 1. The first kappa shape index (κ1) is 28.0. The number of fused-ring (bicyclic) bond motifs is 1. The first-order chi connectivity index (χ1) is 19.7. The van der Waals surface area contributed by atoms with Crippen molar-refractivity contribution in [2.45, 2.75) is 43.6 Å². The SMILES string of the molecule is C[C@H]1CN(c2cc(NC(=O)c3ccc(S(=O)(=O)NCCO)cc3N3CCC4(CC3)CC4)cc3ccn(C)c23)CCO1. The lowest BCUT2D eigenvalue weighted by molar-refractivity contribution is 0.0533. The van der Waals surface area contributed by atoms with E-state index in [1.807, 2.05) is 31.4 Å². The van der Waals surface area contributed by atoms with Gasteiger partial charge in [0.2, 0.25) is 10.0 Å². The molecule has 2 aromatic carbocycles. The first-order valence-electron chi connectivity index (χ1n) is 14.4. The molecule has 3 fully saturated rings. The summed E-state index contributed by atoms with van der Waals surface area (Å²) >= 11 is 0. The van der Waals surface area contributed by atoms with Gasteiger partial charge in [0.1, 0.15) is 0 Å². The molecule has 41 heavy (non-hydrogen) atoms. The summed E-state index contributed by atoms with van der Waals surface area (Å²) < 4.78 is 36.1. The van der Waals surface area contributed by atoms with Gasteiger partial charge in [-0.05, 0) is 74.4 Å². The molecule has 1 spiro atoms. The minimum absolute atomic E-state index is 0.0711. The van der Waals surface area contributed by atoms with E-state index in [9.17, 15) is 13.2 Å². The van der Waals surface area contributed by atoms with Crippen molar-refractivity contribution in [2.24, 2.45) is 12.5 Å². The minimum Gasteiger partial charge on any atom is -0.395 e. The van der Waals surface area contributed by atoms with Crippen molar-refractivity contribution >= 4 is 43.9 Å². The number of aryl methyl sites for hydroxylation is 1. The van der Waals surface area contributed by atoms with Gasteiger partial charge in [-0.1, -0.05) is 0 Å². The molecule has 1 saturated carbocycles. The number of piperidine rings is 1. The number of aromatic nitrogens is 1. The van der Waals surface area contributed by atoms with Crippen LogP contribution in [0.3, 0.4) is 0 Å². The fraction of sp³-hybridized carbons (Fsp3) is 0.500. The number of hydrogen-bond acceptors (Lipinski definition) is 7. The van der Waals surface area contributed by atoms with E-state index in [1.165, 1.54) is 18.9 Å². The summed E-state index contributed by atoms with van der Waals surface area (Å²) in [6.45, 7) is 5.44. The number of amides is 1. The summed E-state index contributed by atoms with van der Waals surface area (Å²) in [6, 6.07) is 10.7. The van der Waals surface area contributed by atoms with Crippen molar-refractivity contribution in [3.8, 4) is 0 Å².